The topological polar surface area (TPSA) is 172 Å². The summed E-state index contributed by atoms with van der Waals surface area (Å²) in [6.45, 7) is 12.9. The van der Waals surface area contributed by atoms with Crippen molar-refractivity contribution in [1.82, 2.24) is 35.4 Å². The molecular weight excluding hydrogens is 739 g/mol. The zero-order valence-electron chi connectivity index (χ0n) is 34.4. The van der Waals surface area contributed by atoms with E-state index < -0.39 is 24.3 Å². The first kappa shape index (κ1) is 40.3. The van der Waals surface area contributed by atoms with Gasteiger partial charge < -0.3 is 39.3 Å². The number of hydrogen-bond donors (Lipinski definition) is 3. The van der Waals surface area contributed by atoms with Gasteiger partial charge in [0.15, 0.2) is 5.58 Å². The highest BCUT2D eigenvalue weighted by Gasteiger charge is 2.42. The minimum atomic E-state index is -0.732. The van der Waals surface area contributed by atoms with E-state index in [1.54, 1.807) is 4.90 Å². The van der Waals surface area contributed by atoms with Crippen LogP contribution in [0, 0.1) is 23.7 Å². The van der Waals surface area contributed by atoms with Gasteiger partial charge in [-0.1, -0.05) is 77.9 Å². The molecule has 0 bridgehead atoms. The van der Waals surface area contributed by atoms with Crippen molar-refractivity contribution in [3.05, 3.63) is 72.4 Å². The highest BCUT2D eigenvalue weighted by atomic mass is 16.5. The number of nitrogens with zero attached hydrogens (tertiary/aromatic N) is 4. The van der Waals surface area contributed by atoms with Crippen molar-refractivity contribution >= 4 is 46.1 Å². The lowest BCUT2D eigenvalue weighted by Crippen LogP contribution is -2.51. The Labute approximate surface area is 338 Å². The maximum atomic E-state index is 13.8. The number of methoxy groups -OCH3 is 2. The fraction of sp³-hybridized carbons (Fsp3) is 0.455. The van der Waals surface area contributed by atoms with E-state index in [2.05, 4.69) is 59.8 Å². The monoisotopic (exact) mass is 791 g/mol. The molecule has 0 unspecified atom stereocenters. The molecule has 6 atom stereocenters. The summed E-state index contributed by atoms with van der Waals surface area (Å²) in [6.07, 6.45) is 0.192. The van der Waals surface area contributed by atoms with Crippen LogP contribution in [0.1, 0.15) is 78.2 Å². The van der Waals surface area contributed by atoms with E-state index in [0.29, 0.717) is 36.5 Å². The third kappa shape index (κ3) is 8.09. The molecule has 3 N–H and O–H groups in total. The molecule has 2 aliphatic heterocycles. The maximum absolute atomic E-state index is 13.8. The summed E-state index contributed by atoms with van der Waals surface area (Å²) in [5.41, 5.74) is 7.06. The van der Waals surface area contributed by atoms with Gasteiger partial charge in [0.2, 0.25) is 17.7 Å². The molecule has 2 fully saturated rings. The molecule has 4 amide bonds. The normalized spacial score (nSPS) is 20.5. The molecule has 0 aliphatic carbocycles. The van der Waals surface area contributed by atoms with E-state index in [-0.39, 0.29) is 47.6 Å². The lowest BCUT2D eigenvalue weighted by molar-refractivity contribution is -0.136. The number of hydrogen-bond acceptors (Lipinski definition) is 9. The van der Waals surface area contributed by atoms with Gasteiger partial charge in [-0.15, -0.1) is 0 Å². The van der Waals surface area contributed by atoms with Crippen LogP contribution in [-0.4, -0.2) is 88.1 Å². The molecule has 0 spiro atoms. The number of carbonyl (C=O) groups excluding carboxylic acids is 4. The van der Waals surface area contributed by atoms with Crippen LogP contribution in [0.15, 0.2) is 65.1 Å². The van der Waals surface area contributed by atoms with Gasteiger partial charge in [0.1, 0.15) is 29.5 Å². The van der Waals surface area contributed by atoms with Crippen molar-refractivity contribution in [1.29, 1.82) is 0 Å². The van der Waals surface area contributed by atoms with Gasteiger partial charge in [-0.3, -0.25) is 9.59 Å². The molecule has 2 aromatic heterocycles. The summed E-state index contributed by atoms with van der Waals surface area (Å²) in [5.74, 6) is 1.12. The third-order valence-electron chi connectivity index (χ3n) is 11.4. The van der Waals surface area contributed by atoms with E-state index in [9.17, 15) is 19.2 Å². The minimum Gasteiger partial charge on any atom is -0.453 e. The predicted octanol–water partition coefficient (Wildman–Crippen LogP) is 7.62. The average Bonchev–Trinajstić information content (AvgIpc) is 4.01. The Morgan fingerprint density at radius 3 is 1.71 bits per heavy atom. The number of rotatable bonds is 10. The molecule has 7 rings (SSSR count). The number of amides is 4. The Bertz CT molecular complexity index is 2150. The van der Waals surface area contributed by atoms with Gasteiger partial charge in [-0.25, -0.2) is 19.6 Å². The van der Waals surface area contributed by atoms with Gasteiger partial charge in [0, 0.05) is 13.1 Å². The van der Waals surface area contributed by atoms with Crippen molar-refractivity contribution in [3.63, 3.8) is 0 Å². The van der Waals surface area contributed by atoms with Gasteiger partial charge in [-0.05, 0) is 83.0 Å². The number of imidazole rings is 1. The van der Waals surface area contributed by atoms with E-state index in [0.717, 1.165) is 45.5 Å². The molecular formula is C44H53N7O7. The van der Waals surface area contributed by atoms with E-state index in [4.69, 9.17) is 23.9 Å². The van der Waals surface area contributed by atoms with Crippen molar-refractivity contribution in [3.8, 4) is 22.3 Å². The lowest BCUT2D eigenvalue weighted by Gasteiger charge is -2.30. The lowest BCUT2D eigenvalue weighted by atomic mass is 10.00. The van der Waals surface area contributed by atoms with Gasteiger partial charge in [0.25, 0.3) is 0 Å². The average molecular weight is 792 g/mol. The van der Waals surface area contributed by atoms with E-state index >= 15 is 0 Å². The van der Waals surface area contributed by atoms with Gasteiger partial charge in [-0.2, -0.15) is 0 Å². The SMILES string of the molecule is COC(=O)N[C@H](C(=O)N1C[C@@H](C)C[C@H]1c1nc2ccc(-c3ccc(-c4ccc5nc([C@@H]6C[C@H](C)CN6C(=O)[C@@H](NC(=O)OC)C(C)C)oc5c4)cc3)cc2[nH]1)C(C)C. The number of carbonyl (C=O) groups is 4. The summed E-state index contributed by atoms with van der Waals surface area (Å²) in [4.78, 5) is 68.4. The standard InChI is InChI=1S/C44H53N7O7/c1-23(2)37(48-43(54)56-7)41(52)50-21-25(5)17-34(50)39-45-31-15-13-29(19-33(31)46-39)27-9-11-28(12-10-27)30-14-16-32-36(20-30)58-40(47-32)35-18-26(6)22-51(35)42(53)38(24(3)4)49-44(55)57-8/h9-16,19-20,23-26,34-35,37-38H,17-18,21-22H2,1-8H3,(H,45,46)(H,48,54)(H,49,55)/t25-,26-,34-,35-,37-,38-/m0/s1. The molecule has 0 saturated carbocycles. The molecule has 306 valence electrons. The zero-order chi connectivity index (χ0) is 41.4. The Morgan fingerprint density at radius 1 is 0.690 bits per heavy atom. The number of likely N-dealkylation sites (tertiary alicyclic amines) is 2. The number of ether oxygens (including phenoxy) is 2. The Balaban J connectivity index is 1.08. The number of aromatic nitrogens is 3. The summed E-state index contributed by atoms with van der Waals surface area (Å²) < 4.78 is 15.9. The second kappa shape index (κ2) is 16.5. The maximum Gasteiger partial charge on any atom is 0.407 e. The smallest absolute Gasteiger partial charge is 0.407 e. The van der Waals surface area contributed by atoms with Crippen LogP contribution in [0.25, 0.3) is 44.4 Å². The summed E-state index contributed by atoms with van der Waals surface area (Å²) in [7, 11) is 2.58. The number of nitrogens with one attached hydrogen (secondary N) is 3. The first-order valence-electron chi connectivity index (χ1n) is 20.0. The van der Waals surface area contributed by atoms with E-state index in [1.165, 1.54) is 14.2 Å². The molecule has 14 heteroatoms. The summed E-state index contributed by atoms with van der Waals surface area (Å²) in [5, 5.41) is 5.42. The van der Waals surface area contributed by atoms with Crippen LogP contribution in [0.5, 0.6) is 0 Å². The van der Waals surface area contributed by atoms with Gasteiger partial charge >= 0.3 is 12.2 Å². The van der Waals surface area contributed by atoms with Crippen LogP contribution < -0.4 is 10.6 Å². The quantitative estimate of drug-likeness (QED) is 0.129. The molecule has 14 nitrogen and oxygen atoms in total. The largest absolute Gasteiger partial charge is 0.453 e. The van der Waals surface area contributed by atoms with Gasteiger partial charge in [0.05, 0.1) is 31.3 Å². The number of oxazole rings is 1. The number of aromatic amines is 1. The van der Waals surface area contributed by atoms with Crippen LogP contribution in [0.4, 0.5) is 9.59 Å². The second-order valence-electron chi connectivity index (χ2n) is 16.6. The highest BCUT2D eigenvalue weighted by Crippen LogP contribution is 2.39. The first-order chi connectivity index (χ1) is 27.7. The molecule has 2 saturated heterocycles. The molecule has 58 heavy (non-hydrogen) atoms. The van der Waals surface area contributed by atoms with Crippen LogP contribution in [0.2, 0.25) is 0 Å². The fourth-order valence-corrected chi connectivity index (χ4v) is 8.31. The summed E-state index contributed by atoms with van der Waals surface area (Å²) >= 11 is 0. The highest BCUT2D eigenvalue weighted by molar-refractivity contribution is 5.88. The van der Waals surface area contributed by atoms with Crippen molar-refractivity contribution in [2.24, 2.45) is 23.7 Å². The molecule has 5 aromatic rings. The minimum absolute atomic E-state index is 0.121. The first-order valence-corrected chi connectivity index (χ1v) is 20.0. The van der Waals surface area contributed by atoms with Crippen LogP contribution in [0.3, 0.4) is 0 Å². The zero-order valence-corrected chi connectivity index (χ0v) is 34.4. The van der Waals surface area contributed by atoms with E-state index in [1.807, 2.05) is 62.9 Å². The number of fused-ring (bicyclic) bond motifs is 2. The molecule has 4 heterocycles. The van der Waals surface area contributed by atoms with Crippen molar-refractivity contribution < 1.29 is 33.1 Å². The Morgan fingerprint density at radius 2 is 1.17 bits per heavy atom. The second-order valence-corrected chi connectivity index (χ2v) is 16.6. The molecule has 3 aromatic carbocycles. The predicted molar refractivity (Wildman–Crippen MR) is 219 cm³/mol. The Kier molecular flexibility index (Phi) is 11.5. The third-order valence-corrected chi connectivity index (χ3v) is 11.4. The fourth-order valence-electron chi connectivity index (χ4n) is 8.31. The summed E-state index contributed by atoms with van der Waals surface area (Å²) in [6, 6.07) is 18.3. The van der Waals surface area contributed by atoms with Crippen LogP contribution >= 0.6 is 0 Å². The Hall–Kier alpha value is -5.92. The molecule has 2 aliphatic rings. The number of alkyl carbamates (subject to hydrolysis) is 2. The van der Waals surface area contributed by atoms with Crippen molar-refractivity contribution in [2.75, 3.05) is 27.3 Å². The number of H-pyrrole nitrogens is 1. The molecule has 0 radical (unpaired) electrons. The van der Waals surface area contributed by atoms with Crippen molar-refractivity contribution in [2.45, 2.75) is 78.6 Å². The number of benzene rings is 3. The van der Waals surface area contributed by atoms with Crippen LogP contribution in [-0.2, 0) is 19.1 Å².